The van der Waals surface area contributed by atoms with Crippen LogP contribution in [0.2, 0.25) is 10.0 Å². The molecule has 5 rings (SSSR count). The molecule has 200 valence electrons. The summed E-state index contributed by atoms with van der Waals surface area (Å²) in [5.74, 6) is -2.44. The molecule has 2 N–H and O–H groups in total. The molecule has 1 aliphatic rings. The van der Waals surface area contributed by atoms with Crippen LogP contribution in [-0.2, 0) is 24.1 Å². The number of ether oxygens (including phenoxy) is 1. The molecule has 1 amide bonds. The predicted octanol–water partition coefficient (Wildman–Crippen LogP) is 4.06. The summed E-state index contributed by atoms with van der Waals surface area (Å²) in [6, 6.07) is 9.82. The first kappa shape index (κ1) is 26.8. The molecule has 0 saturated heterocycles. The summed E-state index contributed by atoms with van der Waals surface area (Å²) < 4.78 is 23.8. The molecule has 0 spiro atoms. The highest BCUT2D eigenvalue weighted by Gasteiger charge is 2.54. The summed E-state index contributed by atoms with van der Waals surface area (Å²) in [6.07, 6.45) is 4.22. The van der Waals surface area contributed by atoms with Crippen LogP contribution < -0.4 is 0 Å². The minimum atomic E-state index is -1.90. The molecule has 1 aliphatic heterocycles. The first-order valence-electron chi connectivity index (χ1n) is 11.7. The number of rotatable bonds is 8. The van der Waals surface area contributed by atoms with Crippen LogP contribution in [0.1, 0.15) is 43.2 Å². The predicted molar refractivity (Wildman–Crippen MR) is 139 cm³/mol. The Morgan fingerprint density at radius 3 is 2.51 bits per heavy atom. The summed E-state index contributed by atoms with van der Waals surface area (Å²) >= 11 is 12.0. The number of aliphatic hydroxyl groups is 1. The lowest BCUT2D eigenvalue weighted by Gasteiger charge is -2.39. The second kappa shape index (κ2) is 10.4. The molecule has 2 aromatic heterocycles. The number of aryl methyl sites for hydroxylation is 1. The number of carbonyl (C=O) groups excluding carboxylic acids is 2. The molecule has 0 fully saturated rings. The van der Waals surface area contributed by atoms with Gasteiger partial charge in [-0.1, -0.05) is 35.3 Å². The van der Waals surface area contributed by atoms with Gasteiger partial charge in [-0.25, -0.2) is 9.37 Å². The Balaban J connectivity index is 1.73. The number of amides is 1. The van der Waals surface area contributed by atoms with Crippen molar-refractivity contribution in [3.05, 3.63) is 111 Å². The third-order valence-electron chi connectivity index (χ3n) is 6.34. The van der Waals surface area contributed by atoms with Crippen LogP contribution in [0.25, 0.3) is 0 Å². The smallest absolute Gasteiger partial charge is 0.257 e. The van der Waals surface area contributed by atoms with Crippen molar-refractivity contribution in [2.75, 3.05) is 13.2 Å². The minimum absolute atomic E-state index is 0.0664. The van der Waals surface area contributed by atoms with Gasteiger partial charge in [0.1, 0.15) is 23.0 Å². The highest BCUT2D eigenvalue weighted by Crippen LogP contribution is 2.48. The lowest BCUT2D eigenvalue weighted by Crippen LogP contribution is -2.47. The number of aromatic nitrogens is 3. The Morgan fingerprint density at radius 1 is 1.13 bits per heavy atom. The van der Waals surface area contributed by atoms with Gasteiger partial charge in [0.15, 0.2) is 5.72 Å². The van der Waals surface area contributed by atoms with Crippen LogP contribution in [-0.4, -0.2) is 54.6 Å². The maximum atomic E-state index is 16.1. The van der Waals surface area contributed by atoms with Crippen molar-refractivity contribution in [2.45, 2.75) is 12.3 Å². The number of imidazole rings is 1. The summed E-state index contributed by atoms with van der Waals surface area (Å²) in [5, 5.41) is 20.7. The van der Waals surface area contributed by atoms with Crippen molar-refractivity contribution in [3.8, 4) is 5.75 Å². The molecule has 12 heteroatoms. The fourth-order valence-corrected chi connectivity index (χ4v) is 4.94. The topological polar surface area (TPSA) is 118 Å². The average Bonchev–Trinajstić information content (AvgIpc) is 3.44. The number of pyridine rings is 1. The number of nitrogens with zero attached hydrogens (tertiary/aromatic N) is 4. The number of ketones is 1. The van der Waals surface area contributed by atoms with Crippen LogP contribution in [0, 0.1) is 5.82 Å². The van der Waals surface area contributed by atoms with Gasteiger partial charge in [0.05, 0.1) is 42.2 Å². The number of aromatic hydroxyl groups is 1. The Hall–Kier alpha value is -3.83. The van der Waals surface area contributed by atoms with Gasteiger partial charge in [-0.05, 0) is 24.3 Å². The van der Waals surface area contributed by atoms with Crippen molar-refractivity contribution in [1.82, 2.24) is 19.4 Å². The molecular formula is C27H21Cl2FN4O5. The Morgan fingerprint density at radius 2 is 1.87 bits per heavy atom. The number of hydrogen-bond donors (Lipinski definition) is 2. The van der Waals surface area contributed by atoms with Crippen molar-refractivity contribution < 1.29 is 28.9 Å². The summed E-state index contributed by atoms with van der Waals surface area (Å²) in [5.41, 5.74) is -1.80. The first-order chi connectivity index (χ1) is 18.6. The number of aliphatic hydroxyl groups excluding tert-OH is 1. The Kier molecular flexibility index (Phi) is 7.13. The second-order valence-corrected chi connectivity index (χ2v) is 9.74. The van der Waals surface area contributed by atoms with Gasteiger partial charge < -0.3 is 19.5 Å². The van der Waals surface area contributed by atoms with E-state index in [1.54, 1.807) is 35.9 Å². The van der Waals surface area contributed by atoms with E-state index >= 15 is 4.39 Å². The molecule has 3 heterocycles. The maximum absolute atomic E-state index is 16.1. The van der Waals surface area contributed by atoms with E-state index in [1.807, 2.05) is 0 Å². The normalized spacial score (nSPS) is 16.5. The molecule has 1 atom stereocenters. The van der Waals surface area contributed by atoms with Crippen LogP contribution in [0.5, 0.6) is 5.75 Å². The van der Waals surface area contributed by atoms with Crippen LogP contribution >= 0.6 is 23.2 Å². The fraction of sp³-hybridized carbons (Fsp3) is 0.185. The molecule has 0 saturated carbocycles. The van der Waals surface area contributed by atoms with Gasteiger partial charge in [-0.3, -0.25) is 19.5 Å². The first-order valence-corrected chi connectivity index (χ1v) is 12.4. The van der Waals surface area contributed by atoms with Gasteiger partial charge in [0.25, 0.3) is 5.91 Å². The zero-order valence-electron chi connectivity index (χ0n) is 20.4. The van der Waals surface area contributed by atoms with E-state index < -0.39 is 29.8 Å². The van der Waals surface area contributed by atoms with Crippen molar-refractivity contribution >= 4 is 34.9 Å². The molecule has 0 radical (unpaired) electrons. The number of carbonyl (C=O) groups is 2. The fourth-order valence-electron chi connectivity index (χ4n) is 4.67. The standard InChI is InChI=1S/C27H21Cl2FN4O5/c1-33-12-22(32-14-33)25(37)15-8-19-24(20(30)9-15)27(39-7-6-35,16-2-4-17(28)5-3-16)34(26(19)38)13-21-23(36)10-18(29)11-31-21/h2-5,8-12,14,35-36H,6-7,13H2,1H3/t27-/m1/s1. The minimum Gasteiger partial charge on any atom is -0.506 e. The third kappa shape index (κ3) is 4.65. The van der Waals surface area contributed by atoms with E-state index in [-0.39, 0.29) is 52.0 Å². The number of benzene rings is 2. The van der Waals surface area contributed by atoms with Crippen LogP contribution in [0.3, 0.4) is 0 Å². The van der Waals surface area contributed by atoms with Crippen LogP contribution in [0.4, 0.5) is 4.39 Å². The van der Waals surface area contributed by atoms with E-state index in [9.17, 15) is 19.8 Å². The van der Waals surface area contributed by atoms with Gasteiger partial charge >= 0.3 is 0 Å². The summed E-state index contributed by atoms with van der Waals surface area (Å²) in [6.45, 7) is -1.04. The van der Waals surface area contributed by atoms with Crippen molar-refractivity contribution in [2.24, 2.45) is 7.05 Å². The molecule has 0 unspecified atom stereocenters. The lowest BCUT2D eigenvalue weighted by molar-refractivity contribution is -0.120. The van der Waals surface area contributed by atoms with Crippen LogP contribution in [0.15, 0.2) is 61.2 Å². The van der Waals surface area contributed by atoms with Crippen molar-refractivity contribution in [1.29, 1.82) is 0 Å². The lowest BCUT2D eigenvalue weighted by atomic mass is 9.91. The number of fused-ring (bicyclic) bond motifs is 1. The van der Waals surface area contributed by atoms with Gasteiger partial charge in [0, 0.05) is 41.7 Å². The Bertz CT molecular complexity index is 1590. The molecule has 39 heavy (non-hydrogen) atoms. The number of halogens is 3. The largest absolute Gasteiger partial charge is 0.506 e. The van der Waals surface area contributed by atoms with E-state index in [2.05, 4.69) is 9.97 Å². The molecule has 9 nitrogen and oxygen atoms in total. The maximum Gasteiger partial charge on any atom is 0.257 e. The average molecular weight is 571 g/mol. The number of hydrogen-bond acceptors (Lipinski definition) is 7. The van der Waals surface area contributed by atoms with E-state index in [1.165, 1.54) is 35.8 Å². The van der Waals surface area contributed by atoms with Crippen molar-refractivity contribution in [3.63, 3.8) is 0 Å². The molecule has 0 aliphatic carbocycles. The van der Waals surface area contributed by atoms with E-state index in [0.29, 0.717) is 10.6 Å². The van der Waals surface area contributed by atoms with E-state index in [4.69, 9.17) is 27.9 Å². The Labute approximate surface area is 232 Å². The highest BCUT2D eigenvalue weighted by molar-refractivity contribution is 6.30. The zero-order chi connectivity index (χ0) is 27.9. The summed E-state index contributed by atoms with van der Waals surface area (Å²) in [4.78, 5) is 36.5. The monoisotopic (exact) mass is 570 g/mol. The SMILES string of the molecule is Cn1cnc(C(=O)c2cc(F)c3c(c2)C(=O)N(Cc2ncc(Cl)cc2O)[C@@]3(OCCO)c2ccc(Cl)cc2)c1. The van der Waals surface area contributed by atoms with E-state index in [0.717, 1.165) is 6.07 Å². The highest BCUT2D eigenvalue weighted by atomic mass is 35.5. The van der Waals surface area contributed by atoms with Gasteiger partial charge in [-0.15, -0.1) is 0 Å². The third-order valence-corrected chi connectivity index (χ3v) is 6.80. The molecular weight excluding hydrogens is 550 g/mol. The molecule has 0 bridgehead atoms. The quantitative estimate of drug-likeness (QED) is 0.307. The molecule has 4 aromatic rings. The van der Waals surface area contributed by atoms with Gasteiger partial charge in [0.2, 0.25) is 5.78 Å². The molecule has 2 aromatic carbocycles. The second-order valence-electron chi connectivity index (χ2n) is 8.87. The van der Waals surface area contributed by atoms with Gasteiger partial charge in [-0.2, -0.15) is 0 Å². The summed E-state index contributed by atoms with van der Waals surface area (Å²) in [7, 11) is 1.69. The zero-order valence-corrected chi connectivity index (χ0v) is 21.9.